The quantitative estimate of drug-likeness (QED) is 0.589. The van der Waals surface area contributed by atoms with Gasteiger partial charge in [0.2, 0.25) is 11.9 Å². The Morgan fingerprint density at radius 1 is 1.14 bits per heavy atom. The third-order valence-electron chi connectivity index (χ3n) is 5.01. The minimum Gasteiger partial charge on any atom is -0.368 e. The molecule has 0 spiro atoms. The third-order valence-corrected chi connectivity index (χ3v) is 5.01. The molecule has 0 radical (unpaired) electrons. The number of aryl methyl sites for hydroxylation is 4. The number of imidazole rings is 1. The van der Waals surface area contributed by atoms with Crippen molar-refractivity contribution in [2.75, 3.05) is 0 Å². The minimum atomic E-state index is -0.753. The molecule has 10 heteroatoms. The maximum absolute atomic E-state index is 13.1. The molecule has 3 aromatic heterocycles. The van der Waals surface area contributed by atoms with Crippen molar-refractivity contribution in [3.8, 4) is 5.95 Å². The van der Waals surface area contributed by atoms with Crippen molar-refractivity contribution in [2.45, 2.75) is 59.5 Å². The maximum atomic E-state index is 13.1. The molecule has 0 fully saturated rings. The van der Waals surface area contributed by atoms with Gasteiger partial charge >= 0.3 is 5.69 Å². The molecule has 29 heavy (non-hydrogen) atoms. The topological polar surface area (TPSA) is 123 Å². The molecular weight excluding hydrogens is 374 g/mol. The number of nitrogens with two attached hydrogens (primary N) is 1. The van der Waals surface area contributed by atoms with Crippen molar-refractivity contribution in [2.24, 2.45) is 12.8 Å². The number of primary amides is 1. The van der Waals surface area contributed by atoms with Gasteiger partial charge in [0.05, 0.1) is 5.69 Å². The molecule has 0 aliphatic carbocycles. The monoisotopic (exact) mass is 401 g/mol. The van der Waals surface area contributed by atoms with Crippen LogP contribution in [0.5, 0.6) is 0 Å². The number of hydrogen-bond acceptors (Lipinski definition) is 5. The summed E-state index contributed by atoms with van der Waals surface area (Å²) >= 11 is 0. The molecule has 0 bridgehead atoms. The molecule has 0 aromatic carbocycles. The number of unbranched alkanes of at least 4 members (excludes halogenated alkanes) is 1. The van der Waals surface area contributed by atoms with Crippen LogP contribution in [0.4, 0.5) is 0 Å². The van der Waals surface area contributed by atoms with E-state index in [2.05, 4.69) is 17.0 Å². The van der Waals surface area contributed by atoms with Gasteiger partial charge in [-0.2, -0.15) is 10.1 Å². The average Bonchev–Trinajstić information content (AvgIpc) is 3.28. The fourth-order valence-electron chi connectivity index (χ4n) is 3.42. The van der Waals surface area contributed by atoms with Gasteiger partial charge in [0, 0.05) is 19.3 Å². The molecule has 3 heterocycles. The van der Waals surface area contributed by atoms with E-state index in [0.717, 1.165) is 41.6 Å². The zero-order valence-corrected chi connectivity index (χ0v) is 17.3. The summed E-state index contributed by atoms with van der Waals surface area (Å²) in [6.07, 6.45) is 3.26. The predicted octanol–water partition coefficient (Wildman–Crippen LogP) is 0.493. The van der Waals surface area contributed by atoms with Gasteiger partial charge in [0.15, 0.2) is 11.2 Å². The Labute approximate surface area is 167 Å². The molecule has 1 amide bonds. The zero-order valence-electron chi connectivity index (χ0n) is 17.3. The molecule has 10 nitrogen and oxygen atoms in total. The number of rotatable bonds is 8. The van der Waals surface area contributed by atoms with Gasteiger partial charge in [-0.3, -0.25) is 14.2 Å². The van der Waals surface area contributed by atoms with Gasteiger partial charge in [-0.05, 0) is 25.3 Å². The number of carbonyl (C=O) groups excluding carboxylic acids is 1. The number of hydrogen-bond donors (Lipinski definition) is 1. The second-order valence-electron chi connectivity index (χ2n) is 7.03. The highest BCUT2D eigenvalue weighted by atomic mass is 16.2. The summed E-state index contributed by atoms with van der Waals surface area (Å²) in [6, 6.07) is 2.02. The summed E-state index contributed by atoms with van der Waals surface area (Å²) in [5, 5.41) is 4.65. The lowest BCUT2D eigenvalue weighted by Gasteiger charge is -2.11. The number of nitrogens with zero attached hydrogens (tertiary/aromatic N) is 6. The van der Waals surface area contributed by atoms with Gasteiger partial charge in [-0.15, -0.1) is 0 Å². The van der Waals surface area contributed by atoms with Crippen LogP contribution in [0.2, 0.25) is 0 Å². The van der Waals surface area contributed by atoms with E-state index in [1.165, 1.54) is 11.6 Å². The Morgan fingerprint density at radius 2 is 1.86 bits per heavy atom. The van der Waals surface area contributed by atoms with Crippen LogP contribution in [0.15, 0.2) is 15.7 Å². The Hall–Kier alpha value is -3.17. The van der Waals surface area contributed by atoms with Crippen LogP contribution < -0.4 is 17.0 Å². The molecule has 0 saturated heterocycles. The first-order valence-electron chi connectivity index (χ1n) is 9.90. The molecule has 0 saturated carbocycles. The highest BCUT2D eigenvalue weighted by Crippen LogP contribution is 2.19. The molecule has 156 valence electrons. The number of carbonyl (C=O) groups is 1. The Bertz CT molecular complexity index is 1180. The first-order valence-corrected chi connectivity index (χ1v) is 9.90. The number of fused-ring (bicyclic) bond motifs is 1. The molecule has 0 atom stereocenters. The van der Waals surface area contributed by atoms with Gasteiger partial charge in [-0.1, -0.05) is 27.2 Å². The number of amides is 1. The van der Waals surface area contributed by atoms with E-state index < -0.39 is 23.7 Å². The average molecular weight is 401 g/mol. The van der Waals surface area contributed by atoms with Crippen LogP contribution in [0.1, 0.15) is 45.0 Å². The minimum absolute atomic E-state index is 0.266. The van der Waals surface area contributed by atoms with Crippen LogP contribution in [-0.2, 0) is 37.8 Å². The lowest BCUT2D eigenvalue weighted by Crippen LogP contribution is -2.42. The second kappa shape index (κ2) is 8.06. The summed E-state index contributed by atoms with van der Waals surface area (Å²) in [5.41, 5.74) is 6.48. The summed E-state index contributed by atoms with van der Waals surface area (Å²) in [7, 11) is 1.53. The third kappa shape index (κ3) is 3.50. The van der Waals surface area contributed by atoms with Crippen molar-refractivity contribution >= 4 is 17.1 Å². The molecule has 2 N–H and O–H groups in total. The van der Waals surface area contributed by atoms with Crippen molar-refractivity contribution in [1.82, 2.24) is 28.5 Å². The molecule has 3 aromatic rings. The van der Waals surface area contributed by atoms with E-state index >= 15 is 0 Å². The van der Waals surface area contributed by atoms with Gasteiger partial charge in [0.1, 0.15) is 6.54 Å². The fourth-order valence-corrected chi connectivity index (χ4v) is 3.42. The fraction of sp³-hybridized carbons (Fsp3) is 0.526. The first-order chi connectivity index (χ1) is 13.8. The van der Waals surface area contributed by atoms with Crippen LogP contribution >= 0.6 is 0 Å². The van der Waals surface area contributed by atoms with E-state index in [1.807, 2.05) is 19.9 Å². The summed E-state index contributed by atoms with van der Waals surface area (Å²) in [6.45, 7) is 6.18. The predicted molar refractivity (Wildman–Crippen MR) is 109 cm³/mol. The van der Waals surface area contributed by atoms with E-state index in [0.29, 0.717) is 12.5 Å². The normalized spacial score (nSPS) is 11.4. The molecular formula is C19H27N7O3. The van der Waals surface area contributed by atoms with E-state index in [1.54, 1.807) is 9.25 Å². The Morgan fingerprint density at radius 3 is 2.45 bits per heavy atom. The van der Waals surface area contributed by atoms with Crippen LogP contribution in [0.25, 0.3) is 17.1 Å². The zero-order chi connectivity index (χ0) is 21.3. The van der Waals surface area contributed by atoms with Gasteiger partial charge in [-0.25, -0.2) is 14.0 Å². The highest BCUT2D eigenvalue weighted by molar-refractivity contribution is 5.75. The van der Waals surface area contributed by atoms with Gasteiger partial charge < -0.3 is 10.3 Å². The second-order valence-corrected chi connectivity index (χ2v) is 7.03. The van der Waals surface area contributed by atoms with E-state index in [-0.39, 0.29) is 11.2 Å². The van der Waals surface area contributed by atoms with Crippen LogP contribution in [0.3, 0.4) is 0 Å². The lowest BCUT2D eigenvalue weighted by atomic mass is 10.3. The summed E-state index contributed by atoms with van der Waals surface area (Å²) < 4.78 is 5.68. The standard InChI is InChI=1S/C19H27N7O3/c1-5-8-9-24-15-16(23(4)19(29)25(17(15)28)11-14(20)27)21-18(24)26-13(7-3)10-12(6-2)22-26/h10H,5-9,11H2,1-4H3,(H2,20,27). The Balaban J connectivity index is 2.40. The lowest BCUT2D eigenvalue weighted by molar-refractivity contribution is -0.118. The largest absolute Gasteiger partial charge is 0.368 e. The van der Waals surface area contributed by atoms with E-state index in [4.69, 9.17) is 5.73 Å². The van der Waals surface area contributed by atoms with Crippen molar-refractivity contribution < 1.29 is 4.79 Å². The van der Waals surface area contributed by atoms with Crippen LogP contribution in [0, 0.1) is 0 Å². The molecule has 0 unspecified atom stereocenters. The number of aromatic nitrogens is 6. The van der Waals surface area contributed by atoms with Gasteiger partial charge in [0.25, 0.3) is 5.56 Å². The summed E-state index contributed by atoms with van der Waals surface area (Å²) in [4.78, 5) is 41.8. The van der Waals surface area contributed by atoms with Crippen molar-refractivity contribution in [3.63, 3.8) is 0 Å². The van der Waals surface area contributed by atoms with Crippen molar-refractivity contribution in [1.29, 1.82) is 0 Å². The van der Waals surface area contributed by atoms with Crippen LogP contribution in [-0.4, -0.2) is 34.4 Å². The summed E-state index contributed by atoms with van der Waals surface area (Å²) in [5.74, 6) is -0.259. The highest BCUT2D eigenvalue weighted by Gasteiger charge is 2.23. The smallest absolute Gasteiger partial charge is 0.332 e. The first kappa shape index (κ1) is 20.6. The SMILES string of the molecule is CCCCn1c(-n2nc(CC)cc2CC)nc2c1c(=O)n(CC(N)=O)c(=O)n2C. The molecule has 0 aliphatic rings. The molecule has 3 rings (SSSR count). The Kier molecular flexibility index (Phi) is 5.71. The molecule has 0 aliphatic heterocycles. The van der Waals surface area contributed by atoms with Crippen molar-refractivity contribution in [3.05, 3.63) is 38.3 Å². The maximum Gasteiger partial charge on any atom is 0.332 e. The van der Waals surface area contributed by atoms with E-state index in [9.17, 15) is 14.4 Å².